The molecule has 4 rings (SSSR count). The topological polar surface area (TPSA) is 56.1 Å². The molecule has 0 aliphatic carbocycles. The number of rotatable bonds is 5. The number of benzene rings is 3. The molecule has 1 amide bonds. The Morgan fingerprint density at radius 3 is 2.36 bits per heavy atom. The predicted octanol–water partition coefficient (Wildman–Crippen LogP) is 6.47. The summed E-state index contributed by atoms with van der Waals surface area (Å²) in [5.74, 6) is -0.482. The normalized spacial score (nSPS) is 11.3. The van der Waals surface area contributed by atoms with Gasteiger partial charge in [-0.15, -0.1) is 0 Å². The van der Waals surface area contributed by atoms with E-state index in [0.717, 1.165) is 17.3 Å². The van der Waals surface area contributed by atoms with E-state index in [1.54, 1.807) is 18.2 Å². The van der Waals surface area contributed by atoms with Gasteiger partial charge in [-0.2, -0.15) is 18.3 Å². The highest BCUT2D eigenvalue weighted by Gasteiger charge is 2.40. The van der Waals surface area contributed by atoms with Crippen molar-refractivity contribution in [3.63, 3.8) is 0 Å². The maximum absolute atomic E-state index is 13.9. The number of carbonyl (C=O) groups excluding carboxylic acids is 1. The van der Waals surface area contributed by atoms with Gasteiger partial charge in [0.2, 0.25) is 0 Å². The average Bonchev–Trinajstić information content (AvgIpc) is 3.26. The highest BCUT2D eigenvalue weighted by atomic mass is 35.5. The Hall–Kier alpha value is -3.78. The minimum absolute atomic E-state index is 0.125. The van der Waals surface area contributed by atoms with Crippen molar-refractivity contribution >= 4 is 23.2 Å². The average molecular weight is 472 g/mol. The van der Waals surface area contributed by atoms with Crippen molar-refractivity contribution in [1.29, 1.82) is 0 Å². The summed E-state index contributed by atoms with van der Waals surface area (Å²) < 4.78 is 47.7. The van der Waals surface area contributed by atoms with Crippen LogP contribution in [0.1, 0.15) is 16.1 Å². The molecule has 0 bridgehead atoms. The molecule has 0 radical (unpaired) electrons. The number of alkyl halides is 3. The molecule has 0 spiro atoms. The van der Waals surface area contributed by atoms with Crippen LogP contribution in [-0.2, 0) is 6.18 Å². The molecule has 0 saturated carbocycles. The smallest absolute Gasteiger partial charge is 0.434 e. The van der Waals surface area contributed by atoms with Gasteiger partial charge in [-0.05, 0) is 42.0 Å². The third-order valence-electron chi connectivity index (χ3n) is 4.90. The van der Waals surface area contributed by atoms with E-state index in [4.69, 9.17) is 16.3 Å². The highest BCUT2D eigenvalue weighted by molar-refractivity contribution is 6.30. The number of hydrogen-bond acceptors (Lipinski definition) is 3. The maximum Gasteiger partial charge on any atom is 0.434 e. The fourth-order valence-corrected chi connectivity index (χ4v) is 3.52. The second-order valence-electron chi connectivity index (χ2n) is 7.03. The highest BCUT2D eigenvalue weighted by Crippen LogP contribution is 2.35. The van der Waals surface area contributed by atoms with E-state index in [0.29, 0.717) is 15.5 Å². The van der Waals surface area contributed by atoms with Crippen molar-refractivity contribution in [3.05, 3.63) is 95.3 Å². The molecule has 0 aliphatic rings. The molecule has 168 valence electrons. The van der Waals surface area contributed by atoms with Crippen LogP contribution in [0, 0.1) is 0 Å². The quantitative estimate of drug-likeness (QED) is 0.363. The van der Waals surface area contributed by atoms with Crippen LogP contribution in [0.5, 0.6) is 5.75 Å². The van der Waals surface area contributed by atoms with Crippen LogP contribution in [-0.4, -0.2) is 22.8 Å². The molecule has 1 heterocycles. The van der Waals surface area contributed by atoms with Gasteiger partial charge in [-0.3, -0.25) is 4.79 Å². The van der Waals surface area contributed by atoms with Gasteiger partial charge in [0.05, 0.1) is 24.6 Å². The maximum atomic E-state index is 13.9. The lowest BCUT2D eigenvalue weighted by atomic mass is 10.0. The first-order valence-electron chi connectivity index (χ1n) is 9.74. The van der Waals surface area contributed by atoms with Gasteiger partial charge in [-0.1, -0.05) is 41.9 Å². The predicted molar refractivity (Wildman–Crippen MR) is 120 cm³/mol. The number of nitrogens with one attached hydrogen (secondary N) is 1. The van der Waals surface area contributed by atoms with Gasteiger partial charge in [0, 0.05) is 22.3 Å². The number of nitrogens with zero attached hydrogens (tertiary/aromatic N) is 2. The Morgan fingerprint density at radius 1 is 1.03 bits per heavy atom. The Morgan fingerprint density at radius 2 is 1.73 bits per heavy atom. The summed E-state index contributed by atoms with van der Waals surface area (Å²) in [6.45, 7) is 0. The van der Waals surface area contributed by atoms with Crippen molar-refractivity contribution in [2.24, 2.45) is 0 Å². The summed E-state index contributed by atoms with van der Waals surface area (Å²) in [5.41, 5.74) is 0.292. The SMILES string of the molecule is COc1cc(NC(=O)c2cnn(-c3ccc(Cl)cc3)c2C(F)(F)F)ccc1-c1ccccc1. The van der Waals surface area contributed by atoms with E-state index in [2.05, 4.69) is 10.4 Å². The third-order valence-corrected chi connectivity index (χ3v) is 5.15. The third kappa shape index (κ3) is 4.70. The van der Waals surface area contributed by atoms with Crippen LogP contribution in [0.4, 0.5) is 18.9 Å². The Labute approximate surface area is 192 Å². The lowest BCUT2D eigenvalue weighted by Crippen LogP contribution is -2.20. The zero-order chi connectivity index (χ0) is 23.6. The van der Waals surface area contributed by atoms with Crippen molar-refractivity contribution in [3.8, 4) is 22.6 Å². The molecule has 5 nitrogen and oxygen atoms in total. The Bertz CT molecular complexity index is 1290. The lowest BCUT2D eigenvalue weighted by molar-refractivity contribution is -0.143. The Balaban J connectivity index is 1.67. The largest absolute Gasteiger partial charge is 0.496 e. The first-order chi connectivity index (χ1) is 15.8. The van der Waals surface area contributed by atoms with E-state index in [1.807, 2.05) is 30.3 Å². The number of methoxy groups -OCH3 is 1. The molecule has 0 saturated heterocycles. The first kappa shape index (κ1) is 22.4. The summed E-state index contributed by atoms with van der Waals surface area (Å²) in [4.78, 5) is 12.8. The number of aromatic nitrogens is 2. The monoisotopic (exact) mass is 471 g/mol. The number of amides is 1. The fourth-order valence-electron chi connectivity index (χ4n) is 3.39. The number of halogens is 4. The van der Waals surface area contributed by atoms with E-state index in [-0.39, 0.29) is 11.4 Å². The second-order valence-corrected chi connectivity index (χ2v) is 7.46. The molecule has 0 unspecified atom stereocenters. The molecule has 9 heteroatoms. The Kier molecular flexibility index (Phi) is 6.11. The molecule has 0 aliphatic heterocycles. The molecular weight excluding hydrogens is 455 g/mol. The standard InChI is InChI=1S/C24H17ClF3N3O2/c1-33-21-13-17(9-12-19(21)15-5-3-2-4-6-15)30-23(32)20-14-29-31(22(20)24(26,27)28)18-10-7-16(25)8-11-18/h2-14H,1H3,(H,30,32). The second kappa shape index (κ2) is 8.99. The fraction of sp³-hybridized carbons (Fsp3) is 0.0833. The summed E-state index contributed by atoms with van der Waals surface area (Å²) >= 11 is 5.82. The lowest BCUT2D eigenvalue weighted by Gasteiger charge is -2.14. The van der Waals surface area contributed by atoms with Crippen LogP contribution >= 0.6 is 11.6 Å². The minimum atomic E-state index is -4.82. The first-order valence-corrected chi connectivity index (χ1v) is 10.1. The number of hydrogen-bond donors (Lipinski definition) is 1. The van der Waals surface area contributed by atoms with Crippen LogP contribution in [0.3, 0.4) is 0 Å². The molecule has 1 aromatic heterocycles. The molecule has 0 fully saturated rings. The minimum Gasteiger partial charge on any atom is -0.496 e. The zero-order valence-corrected chi connectivity index (χ0v) is 18.0. The molecule has 3 aromatic carbocycles. The van der Waals surface area contributed by atoms with Crippen molar-refractivity contribution in [1.82, 2.24) is 9.78 Å². The van der Waals surface area contributed by atoms with Crippen LogP contribution in [0.25, 0.3) is 16.8 Å². The van der Waals surface area contributed by atoms with Gasteiger partial charge >= 0.3 is 6.18 Å². The van der Waals surface area contributed by atoms with Crippen LogP contribution in [0.15, 0.2) is 79.0 Å². The van der Waals surface area contributed by atoms with E-state index in [9.17, 15) is 18.0 Å². The molecule has 33 heavy (non-hydrogen) atoms. The number of anilines is 1. The summed E-state index contributed by atoms with van der Waals surface area (Å²) in [6, 6.07) is 20.0. The van der Waals surface area contributed by atoms with E-state index < -0.39 is 23.3 Å². The van der Waals surface area contributed by atoms with Gasteiger partial charge in [0.25, 0.3) is 5.91 Å². The van der Waals surface area contributed by atoms with Crippen LogP contribution in [0.2, 0.25) is 5.02 Å². The number of ether oxygens (including phenoxy) is 1. The van der Waals surface area contributed by atoms with Crippen molar-refractivity contribution in [2.75, 3.05) is 12.4 Å². The number of carbonyl (C=O) groups is 1. The van der Waals surface area contributed by atoms with Crippen molar-refractivity contribution in [2.45, 2.75) is 6.18 Å². The summed E-state index contributed by atoms with van der Waals surface area (Å²) in [7, 11) is 1.48. The van der Waals surface area contributed by atoms with E-state index in [1.165, 1.54) is 31.4 Å². The van der Waals surface area contributed by atoms with Gasteiger partial charge in [-0.25, -0.2) is 4.68 Å². The zero-order valence-electron chi connectivity index (χ0n) is 17.2. The van der Waals surface area contributed by atoms with Gasteiger partial charge < -0.3 is 10.1 Å². The molecule has 1 N–H and O–H groups in total. The molecule has 4 aromatic rings. The molecular formula is C24H17ClF3N3O2. The van der Waals surface area contributed by atoms with Crippen LogP contribution < -0.4 is 10.1 Å². The molecule has 0 atom stereocenters. The van der Waals surface area contributed by atoms with Crippen molar-refractivity contribution < 1.29 is 22.7 Å². The van der Waals surface area contributed by atoms with Gasteiger partial charge in [0.1, 0.15) is 5.75 Å². The summed E-state index contributed by atoms with van der Waals surface area (Å²) in [5, 5.41) is 6.67. The van der Waals surface area contributed by atoms with Gasteiger partial charge in [0.15, 0.2) is 5.69 Å². The van der Waals surface area contributed by atoms with E-state index >= 15 is 0 Å². The summed E-state index contributed by atoms with van der Waals surface area (Å²) in [6.07, 6.45) is -3.93.